The lowest BCUT2D eigenvalue weighted by Crippen LogP contribution is -2.28. The molecule has 2 aromatic heterocycles. The predicted octanol–water partition coefficient (Wildman–Crippen LogP) is 0.229. The van der Waals surface area contributed by atoms with E-state index in [1.54, 1.807) is 37.2 Å². The van der Waals surface area contributed by atoms with Crippen molar-refractivity contribution in [2.45, 2.75) is 0 Å². The van der Waals surface area contributed by atoms with Crippen LogP contribution in [0.5, 0.6) is 0 Å². The Kier molecular flexibility index (Phi) is 2.72. The molecule has 0 aliphatic rings. The van der Waals surface area contributed by atoms with E-state index in [9.17, 15) is 4.79 Å². The average molecular weight is 219 g/mol. The summed E-state index contributed by atoms with van der Waals surface area (Å²) in [6, 6.07) is 1.84. The molecule has 2 heterocycles. The summed E-state index contributed by atoms with van der Waals surface area (Å²) in [4.78, 5) is 17.1. The molecule has 1 amide bonds. The van der Waals surface area contributed by atoms with Crippen LogP contribution < -0.4 is 5.32 Å². The molecular formula is C10H13N5O. The molecule has 2 rings (SSSR count). The molecule has 6 nitrogen and oxygen atoms in total. The highest BCUT2D eigenvalue weighted by Gasteiger charge is 2.06. The summed E-state index contributed by atoms with van der Waals surface area (Å²) in [6.45, 7) is 0.227. The fourth-order valence-corrected chi connectivity index (χ4v) is 1.31. The number of nitrogens with zero attached hydrogens (tertiary/aromatic N) is 4. The molecule has 84 valence electrons. The molecule has 0 aromatic carbocycles. The predicted molar refractivity (Wildman–Crippen MR) is 60.2 cm³/mol. The van der Waals surface area contributed by atoms with E-state index in [-0.39, 0.29) is 12.5 Å². The van der Waals surface area contributed by atoms with Crippen LogP contribution in [-0.2, 0) is 4.79 Å². The molecule has 0 radical (unpaired) electrons. The van der Waals surface area contributed by atoms with E-state index < -0.39 is 0 Å². The molecule has 0 fully saturated rings. The third-order valence-corrected chi connectivity index (χ3v) is 2.23. The van der Waals surface area contributed by atoms with Crippen molar-refractivity contribution in [3.05, 3.63) is 24.7 Å². The number of aromatic nitrogens is 3. The van der Waals surface area contributed by atoms with Crippen molar-refractivity contribution in [2.75, 3.05) is 26.0 Å². The number of carbonyl (C=O) groups is 1. The molecule has 0 aliphatic carbocycles. The molecule has 1 N–H and O–H groups in total. The Labute approximate surface area is 92.9 Å². The first kappa shape index (κ1) is 10.4. The normalized spacial score (nSPS) is 10.4. The fourth-order valence-electron chi connectivity index (χ4n) is 1.31. The molecular weight excluding hydrogens is 206 g/mol. The van der Waals surface area contributed by atoms with Crippen molar-refractivity contribution in [1.29, 1.82) is 0 Å². The van der Waals surface area contributed by atoms with Gasteiger partial charge >= 0.3 is 0 Å². The monoisotopic (exact) mass is 219 g/mol. The quantitative estimate of drug-likeness (QED) is 0.802. The van der Waals surface area contributed by atoms with Gasteiger partial charge in [-0.15, -0.1) is 0 Å². The standard InChI is InChI=1S/C10H13N5O/c1-14(2)9(16)7-12-10-8-3-4-13-15(8)6-5-11-10/h3-6H,7H2,1-2H3,(H,11,12). The van der Waals surface area contributed by atoms with E-state index in [4.69, 9.17) is 0 Å². The fraction of sp³-hybridized carbons (Fsp3) is 0.300. The topological polar surface area (TPSA) is 62.5 Å². The zero-order valence-electron chi connectivity index (χ0n) is 9.21. The van der Waals surface area contributed by atoms with Gasteiger partial charge in [-0.2, -0.15) is 5.10 Å². The third kappa shape index (κ3) is 1.95. The number of likely N-dealkylation sites (N-methyl/N-ethyl adjacent to an activating group) is 1. The Morgan fingerprint density at radius 1 is 1.50 bits per heavy atom. The second-order valence-corrected chi connectivity index (χ2v) is 3.58. The summed E-state index contributed by atoms with van der Waals surface area (Å²) in [5, 5.41) is 7.07. The summed E-state index contributed by atoms with van der Waals surface area (Å²) >= 11 is 0. The van der Waals surface area contributed by atoms with Crippen LogP contribution in [0.15, 0.2) is 24.7 Å². The van der Waals surface area contributed by atoms with E-state index in [1.807, 2.05) is 6.07 Å². The Hall–Kier alpha value is -2.11. The van der Waals surface area contributed by atoms with Gasteiger partial charge in [-0.25, -0.2) is 9.50 Å². The Morgan fingerprint density at radius 2 is 2.31 bits per heavy atom. The summed E-state index contributed by atoms with van der Waals surface area (Å²) < 4.78 is 1.70. The van der Waals surface area contributed by atoms with Gasteiger partial charge in [0.1, 0.15) is 5.52 Å². The summed E-state index contributed by atoms with van der Waals surface area (Å²) in [5.41, 5.74) is 0.856. The summed E-state index contributed by atoms with van der Waals surface area (Å²) in [7, 11) is 3.44. The van der Waals surface area contributed by atoms with Gasteiger partial charge < -0.3 is 10.2 Å². The SMILES string of the molecule is CN(C)C(=O)CNc1nccn2nccc12. The number of nitrogens with one attached hydrogen (secondary N) is 1. The Bertz CT molecular complexity index is 505. The van der Waals surface area contributed by atoms with Crippen molar-refractivity contribution in [3.63, 3.8) is 0 Å². The maximum atomic E-state index is 11.4. The van der Waals surface area contributed by atoms with E-state index in [2.05, 4.69) is 15.4 Å². The smallest absolute Gasteiger partial charge is 0.241 e. The van der Waals surface area contributed by atoms with Crippen LogP contribution in [0.25, 0.3) is 5.52 Å². The van der Waals surface area contributed by atoms with Gasteiger partial charge in [0.15, 0.2) is 5.82 Å². The lowest BCUT2D eigenvalue weighted by Gasteiger charge is -2.11. The molecule has 16 heavy (non-hydrogen) atoms. The van der Waals surface area contributed by atoms with Gasteiger partial charge in [0, 0.05) is 26.5 Å². The van der Waals surface area contributed by atoms with Crippen LogP contribution in [0.3, 0.4) is 0 Å². The number of amides is 1. The minimum absolute atomic E-state index is 0.00307. The molecule has 0 saturated heterocycles. The highest BCUT2D eigenvalue weighted by Crippen LogP contribution is 2.11. The lowest BCUT2D eigenvalue weighted by atomic mass is 10.4. The number of fused-ring (bicyclic) bond motifs is 1. The molecule has 0 atom stereocenters. The maximum absolute atomic E-state index is 11.4. The molecule has 6 heteroatoms. The highest BCUT2D eigenvalue weighted by molar-refractivity contribution is 5.81. The minimum Gasteiger partial charge on any atom is -0.359 e. The van der Waals surface area contributed by atoms with E-state index in [0.717, 1.165) is 5.52 Å². The molecule has 2 aromatic rings. The van der Waals surface area contributed by atoms with Gasteiger partial charge in [0.2, 0.25) is 5.91 Å². The van der Waals surface area contributed by atoms with Gasteiger partial charge in [0.25, 0.3) is 0 Å². The third-order valence-electron chi connectivity index (χ3n) is 2.23. The average Bonchev–Trinajstić information content (AvgIpc) is 2.73. The molecule has 0 spiro atoms. The van der Waals surface area contributed by atoms with Crippen LogP contribution >= 0.6 is 0 Å². The van der Waals surface area contributed by atoms with Crippen molar-refractivity contribution in [3.8, 4) is 0 Å². The first-order valence-corrected chi connectivity index (χ1v) is 4.91. The summed E-state index contributed by atoms with van der Waals surface area (Å²) in [6.07, 6.45) is 5.09. The van der Waals surface area contributed by atoms with Gasteiger partial charge in [-0.3, -0.25) is 4.79 Å². The Morgan fingerprint density at radius 3 is 3.06 bits per heavy atom. The number of anilines is 1. The van der Waals surface area contributed by atoms with Gasteiger partial charge in [-0.05, 0) is 6.07 Å². The van der Waals surface area contributed by atoms with Crippen LogP contribution in [0.1, 0.15) is 0 Å². The first-order chi connectivity index (χ1) is 7.68. The summed E-state index contributed by atoms with van der Waals surface area (Å²) in [5.74, 6) is 0.665. The first-order valence-electron chi connectivity index (χ1n) is 4.91. The van der Waals surface area contributed by atoms with Crippen molar-refractivity contribution < 1.29 is 4.79 Å². The van der Waals surface area contributed by atoms with Crippen molar-refractivity contribution in [2.24, 2.45) is 0 Å². The zero-order chi connectivity index (χ0) is 11.5. The number of hydrogen-bond donors (Lipinski definition) is 1. The van der Waals surface area contributed by atoms with Crippen LogP contribution in [0, 0.1) is 0 Å². The molecule has 0 aliphatic heterocycles. The van der Waals surface area contributed by atoms with Crippen LogP contribution in [0.4, 0.5) is 5.82 Å². The van der Waals surface area contributed by atoms with E-state index in [1.165, 1.54) is 4.90 Å². The second kappa shape index (κ2) is 4.18. The minimum atomic E-state index is 0.00307. The van der Waals surface area contributed by atoms with Crippen LogP contribution in [0.2, 0.25) is 0 Å². The molecule has 0 saturated carbocycles. The Balaban J connectivity index is 2.15. The largest absolute Gasteiger partial charge is 0.359 e. The zero-order valence-corrected chi connectivity index (χ0v) is 9.21. The maximum Gasteiger partial charge on any atom is 0.241 e. The van der Waals surface area contributed by atoms with Crippen molar-refractivity contribution >= 4 is 17.2 Å². The number of carbonyl (C=O) groups excluding carboxylic acids is 1. The van der Waals surface area contributed by atoms with Crippen LogP contribution in [-0.4, -0.2) is 46.0 Å². The second-order valence-electron chi connectivity index (χ2n) is 3.58. The van der Waals surface area contributed by atoms with E-state index >= 15 is 0 Å². The van der Waals surface area contributed by atoms with Crippen molar-refractivity contribution in [1.82, 2.24) is 19.5 Å². The van der Waals surface area contributed by atoms with E-state index in [0.29, 0.717) is 5.82 Å². The highest BCUT2D eigenvalue weighted by atomic mass is 16.2. The molecule has 0 bridgehead atoms. The number of hydrogen-bond acceptors (Lipinski definition) is 4. The lowest BCUT2D eigenvalue weighted by molar-refractivity contribution is -0.126. The van der Waals surface area contributed by atoms with Gasteiger partial charge in [0.05, 0.1) is 12.7 Å². The van der Waals surface area contributed by atoms with Gasteiger partial charge in [-0.1, -0.05) is 0 Å². The molecule has 0 unspecified atom stereocenters. The number of rotatable bonds is 3.